The van der Waals surface area contributed by atoms with Crippen molar-refractivity contribution in [3.63, 3.8) is 0 Å². The van der Waals surface area contributed by atoms with Crippen molar-refractivity contribution in [1.82, 2.24) is 9.66 Å². The first kappa shape index (κ1) is 26.0. The van der Waals surface area contributed by atoms with Gasteiger partial charge in [0.15, 0.2) is 12.4 Å². The average molecular weight is 567 g/mol. The monoisotopic (exact) mass is 566 g/mol. The molecule has 8 nitrogen and oxygen atoms in total. The van der Waals surface area contributed by atoms with Crippen molar-refractivity contribution in [1.29, 1.82) is 0 Å². The van der Waals surface area contributed by atoms with E-state index in [-0.39, 0.29) is 28.8 Å². The highest BCUT2D eigenvalue weighted by Crippen LogP contribution is 2.28. The van der Waals surface area contributed by atoms with Crippen LogP contribution in [0.25, 0.3) is 33.5 Å². The van der Waals surface area contributed by atoms with Crippen molar-refractivity contribution in [2.75, 3.05) is 11.9 Å². The van der Waals surface area contributed by atoms with Crippen LogP contribution in [0.5, 0.6) is 5.75 Å². The first-order chi connectivity index (χ1) is 19.9. The Morgan fingerprint density at radius 1 is 1.02 bits per heavy atom. The summed E-state index contributed by atoms with van der Waals surface area (Å²) in [5.74, 6) is 0.0959. The molecule has 41 heavy (non-hydrogen) atoms. The summed E-state index contributed by atoms with van der Waals surface area (Å²) in [4.78, 5) is 30.3. The SMILES string of the molecule is O=C(COc1ccc(C=Nn2c(-c3cc4ccccc4o3)nc3ccccc3c2=O)cc1Cl)Nc1ccc(F)cc1. The smallest absolute Gasteiger partial charge is 0.282 e. The van der Waals surface area contributed by atoms with E-state index in [4.69, 9.17) is 20.8 Å². The number of carbonyl (C=O) groups is 1. The molecule has 0 saturated heterocycles. The molecule has 6 rings (SSSR count). The summed E-state index contributed by atoms with van der Waals surface area (Å²) in [5, 5.41) is 8.57. The molecule has 0 aliphatic rings. The summed E-state index contributed by atoms with van der Waals surface area (Å²) in [6, 6.07) is 26.6. The number of aromatic nitrogens is 2. The Bertz CT molecular complexity index is 1970. The topological polar surface area (TPSA) is 98.7 Å². The van der Waals surface area contributed by atoms with Gasteiger partial charge < -0.3 is 14.5 Å². The number of nitrogens with zero attached hydrogens (tertiary/aromatic N) is 3. The highest BCUT2D eigenvalue weighted by molar-refractivity contribution is 6.32. The lowest BCUT2D eigenvalue weighted by molar-refractivity contribution is -0.118. The predicted molar refractivity (Wildman–Crippen MR) is 156 cm³/mol. The quantitative estimate of drug-likeness (QED) is 0.222. The number of nitrogens with one attached hydrogen (secondary N) is 1. The van der Waals surface area contributed by atoms with Gasteiger partial charge in [-0.15, -0.1) is 0 Å². The lowest BCUT2D eigenvalue weighted by Crippen LogP contribution is -2.20. The molecule has 6 aromatic rings. The molecule has 2 aromatic heterocycles. The Balaban J connectivity index is 1.25. The number of ether oxygens (including phenoxy) is 1. The van der Waals surface area contributed by atoms with Crippen molar-refractivity contribution in [3.8, 4) is 17.3 Å². The molecule has 2 heterocycles. The van der Waals surface area contributed by atoms with Crippen LogP contribution in [0, 0.1) is 5.82 Å². The standard InChI is InChI=1S/C31H20ClFN4O4/c32-24-15-19(9-14-27(24)40-18-29(38)35-22-12-10-21(33)11-13-22)17-34-37-30(28-16-20-5-1-4-8-26(20)41-28)36-25-7-3-2-6-23(25)31(37)39/h1-17H,18H2,(H,35,38). The number of furan rings is 1. The van der Waals surface area contributed by atoms with E-state index in [2.05, 4.69) is 15.4 Å². The van der Waals surface area contributed by atoms with E-state index in [9.17, 15) is 14.0 Å². The van der Waals surface area contributed by atoms with Crippen LogP contribution in [0.1, 0.15) is 5.56 Å². The van der Waals surface area contributed by atoms with E-state index in [1.807, 2.05) is 36.4 Å². The van der Waals surface area contributed by atoms with Gasteiger partial charge >= 0.3 is 0 Å². The zero-order valence-electron chi connectivity index (χ0n) is 21.3. The van der Waals surface area contributed by atoms with Crippen LogP contribution in [0.3, 0.4) is 0 Å². The van der Waals surface area contributed by atoms with Gasteiger partial charge in [-0.25, -0.2) is 9.37 Å². The second-order valence-electron chi connectivity index (χ2n) is 9.00. The summed E-state index contributed by atoms with van der Waals surface area (Å²) >= 11 is 6.40. The number of hydrogen-bond acceptors (Lipinski definition) is 6. The minimum Gasteiger partial charge on any atom is -0.482 e. The maximum atomic E-state index is 13.4. The van der Waals surface area contributed by atoms with E-state index < -0.39 is 11.7 Å². The minimum atomic E-state index is -0.431. The van der Waals surface area contributed by atoms with Gasteiger partial charge in [-0.3, -0.25) is 9.59 Å². The zero-order chi connectivity index (χ0) is 28.3. The molecular formula is C31H20ClFN4O4. The molecule has 0 bridgehead atoms. The average Bonchev–Trinajstić information content (AvgIpc) is 3.42. The van der Waals surface area contributed by atoms with E-state index in [0.717, 1.165) is 5.39 Å². The summed E-state index contributed by atoms with van der Waals surface area (Å²) in [7, 11) is 0. The number of para-hydroxylation sites is 2. The van der Waals surface area contributed by atoms with Crippen molar-refractivity contribution in [2.45, 2.75) is 0 Å². The second-order valence-corrected chi connectivity index (χ2v) is 9.40. The number of amides is 1. The van der Waals surface area contributed by atoms with Crippen LogP contribution in [0.15, 0.2) is 111 Å². The molecule has 0 spiro atoms. The van der Waals surface area contributed by atoms with E-state index in [0.29, 0.717) is 33.5 Å². The fourth-order valence-electron chi connectivity index (χ4n) is 4.19. The van der Waals surface area contributed by atoms with Crippen molar-refractivity contribution >= 4 is 51.3 Å². The van der Waals surface area contributed by atoms with Crippen molar-refractivity contribution in [2.24, 2.45) is 5.10 Å². The number of anilines is 1. The van der Waals surface area contributed by atoms with Crippen LogP contribution in [0.4, 0.5) is 10.1 Å². The third kappa shape index (κ3) is 5.57. The van der Waals surface area contributed by atoms with Crippen LogP contribution < -0.4 is 15.6 Å². The summed E-state index contributed by atoms with van der Waals surface area (Å²) in [6.45, 7) is -0.302. The lowest BCUT2D eigenvalue weighted by Gasteiger charge is -2.10. The molecule has 202 valence electrons. The Kier molecular flexibility index (Phi) is 7.01. The van der Waals surface area contributed by atoms with Gasteiger partial charge in [-0.2, -0.15) is 9.78 Å². The third-order valence-corrected chi connectivity index (χ3v) is 6.46. The maximum Gasteiger partial charge on any atom is 0.282 e. The van der Waals surface area contributed by atoms with Crippen LogP contribution in [-0.4, -0.2) is 28.4 Å². The lowest BCUT2D eigenvalue weighted by atomic mass is 10.2. The highest BCUT2D eigenvalue weighted by atomic mass is 35.5. The van der Waals surface area contributed by atoms with E-state index >= 15 is 0 Å². The second kappa shape index (κ2) is 11.1. The van der Waals surface area contributed by atoms with Crippen molar-refractivity contribution in [3.05, 3.63) is 124 Å². The Morgan fingerprint density at radius 3 is 2.61 bits per heavy atom. The molecule has 0 aliphatic heterocycles. The van der Waals surface area contributed by atoms with Gasteiger partial charge in [0.1, 0.15) is 17.1 Å². The molecule has 0 unspecified atom stereocenters. The van der Waals surface area contributed by atoms with E-state index in [1.54, 1.807) is 36.4 Å². The normalized spacial score (nSPS) is 11.4. The van der Waals surface area contributed by atoms with Gasteiger partial charge in [0.05, 0.1) is 22.1 Å². The number of benzene rings is 4. The Hall–Kier alpha value is -5.28. The Labute approximate surface area is 237 Å². The van der Waals surface area contributed by atoms with E-state index in [1.165, 1.54) is 35.2 Å². The molecule has 0 radical (unpaired) electrons. The van der Waals surface area contributed by atoms with Gasteiger partial charge in [-0.1, -0.05) is 41.9 Å². The highest BCUT2D eigenvalue weighted by Gasteiger charge is 2.16. The first-order valence-corrected chi connectivity index (χ1v) is 12.9. The number of halogens is 2. The fraction of sp³-hybridized carbons (Fsp3) is 0.0323. The third-order valence-electron chi connectivity index (χ3n) is 6.16. The molecule has 4 aromatic carbocycles. The van der Waals surface area contributed by atoms with Crippen LogP contribution >= 0.6 is 11.6 Å². The number of hydrogen-bond donors (Lipinski definition) is 1. The number of fused-ring (bicyclic) bond motifs is 2. The zero-order valence-corrected chi connectivity index (χ0v) is 22.0. The van der Waals surface area contributed by atoms with Gasteiger partial charge in [0.2, 0.25) is 5.82 Å². The molecule has 0 saturated carbocycles. The van der Waals surface area contributed by atoms with Gasteiger partial charge in [-0.05, 0) is 72.3 Å². The van der Waals surface area contributed by atoms with Crippen LogP contribution in [0.2, 0.25) is 5.02 Å². The van der Waals surface area contributed by atoms with Gasteiger partial charge in [0.25, 0.3) is 11.5 Å². The first-order valence-electron chi connectivity index (χ1n) is 12.5. The molecule has 0 atom stereocenters. The van der Waals surface area contributed by atoms with Crippen molar-refractivity contribution < 1.29 is 18.3 Å². The van der Waals surface area contributed by atoms with Gasteiger partial charge in [0, 0.05) is 11.1 Å². The number of carbonyl (C=O) groups excluding carboxylic acids is 1. The van der Waals surface area contributed by atoms with Crippen LogP contribution in [-0.2, 0) is 4.79 Å². The summed E-state index contributed by atoms with van der Waals surface area (Å²) in [5.41, 5.74) is 1.84. The molecule has 0 fully saturated rings. The Morgan fingerprint density at radius 2 is 1.80 bits per heavy atom. The summed E-state index contributed by atoms with van der Waals surface area (Å²) < 4.78 is 25.8. The molecular weight excluding hydrogens is 547 g/mol. The largest absolute Gasteiger partial charge is 0.482 e. The maximum absolute atomic E-state index is 13.4. The number of rotatable bonds is 7. The fourth-order valence-corrected chi connectivity index (χ4v) is 4.44. The predicted octanol–water partition coefficient (Wildman–Crippen LogP) is 6.50. The molecule has 1 N–H and O–H groups in total. The molecule has 10 heteroatoms. The minimum absolute atomic E-state index is 0.241. The molecule has 0 aliphatic carbocycles. The summed E-state index contributed by atoms with van der Waals surface area (Å²) in [6.07, 6.45) is 1.47. The molecule has 1 amide bonds.